The molecule has 1 aromatic heterocycles. The maximum absolute atomic E-state index is 11.2. The maximum Gasteiger partial charge on any atom is 0.250 e. The van der Waals surface area contributed by atoms with E-state index in [9.17, 15) is 4.79 Å². The van der Waals surface area contributed by atoms with Crippen molar-refractivity contribution in [2.75, 3.05) is 0 Å². The highest BCUT2D eigenvalue weighted by Crippen LogP contribution is 2.08. The van der Waals surface area contributed by atoms with E-state index < -0.39 is 5.91 Å². The maximum atomic E-state index is 11.2. The van der Waals surface area contributed by atoms with Crippen molar-refractivity contribution >= 4 is 5.91 Å². The van der Waals surface area contributed by atoms with E-state index in [-0.39, 0.29) is 0 Å². The van der Waals surface area contributed by atoms with Crippen molar-refractivity contribution in [3.05, 3.63) is 53.4 Å². The molecule has 0 aliphatic rings. The second kappa shape index (κ2) is 6.63. The summed E-state index contributed by atoms with van der Waals surface area (Å²) in [6, 6.07) is 3.42. The quantitative estimate of drug-likeness (QED) is 0.790. The fraction of sp³-hybridized carbons (Fsp3) is 0.286. The molecule has 3 heteroatoms. The molecule has 1 amide bonds. The van der Waals surface area contributed by atoms with Gasteiger partial charge in [0.15, 0.2) is 0 Å². The van der Waals surface area contributed by atoms with Crippen LogP contribution in [0.2, 0.25) is 0 Å². The molecule has 0 fully saturated rings. The molecule has 0 radical (unpaired) electrons. The lowest BCUT2D eigenvalue weighted by molar-refractivity contribution is 0.0999. The highest BCUT2D eigenvalue weighted by Gasteiger charge is 2.06. The minimum absolute atomic E-state index is 0.428. The van der Waals surface area contributed by atoms with Crippen LogP contribution in [0.1, 0.15) is 36.3 Å². The number of hydrogen-bond acceptors (Lipinski definition) is 2. The predicted octanol–water partition coefficient (Wildman–Crippen LogP) is 2.64. The highest BCUT2D eigenvalue weighted by molar-refractivity contribution is 5.93. The second-order valence-electron chi connectivity index (χ2n) is 3.69. The third-order valence-corrected chi connectivity index (χ3v) is 2.58. The van der Waals surface area contributed by atoms with E-state index in [1.807, 2.05) is 13.0 Å². The molecular formula is C14H18N2O. The summed E-state index contributed by atoms with van der Waals surface area (Å²) < 4.78 is 0. The number of carbonyl (C=O) groups excluding carboxylic acids is 1. The Morgan fingerprint density at radius 1 is 1.53 bits per heavy atom. The van der Waals surface area contributed by atoms with Gasteiger partial charge in [-0.15, -0.1) is 0 Å². The third kappa shape index (κ3) is 3.87. The molecule has 90 valence electrons. The number of aromatic nitrogens is 1. The lowest BCUT2D eigenvalue weighted by Gasteiger charge is -2.02. The van der Waals surface area contributed by atoms with Crippen LogP contribution in [0.5, 0.6) is 0 Å². The van der Waals surface area contributed by atoms with Gasteiger partial charge in [-0.3, -0.25) is 9.78 Å². The normalized spacial score (nSPS) is 12.0. The Morgan fingerprint density at radius 2 is 2.29 bits per heavy atom. The summed E-state index contributed by atoms with van der Waals surface area (Å²) in [5.74, 6) is -0.428. The molecule has 1 heterocycles. The Morgan fingerprint density at radius 3 is 2.88 bits per heavy atom. The van der Waals surface area contributed by atoms with Crippen molar-refractivity contribution in [2.45, 2.75) is 26.7 Å². The van der Waals surface area contributed by atoms with Gasteiger partial charge < -0.3 is 5.73 Å². The average Bonchev–Trinajstić information content (AvgIpc) is 2.35. The van der Waals surface area contributed by atoms with Crippen LogP contribution in [0.4, 0.5) is 0 Å². The number of pyridine rings is 1. The number of nitrogens with two attached hydrogens (primary N) is 1. The number of hydrogen-bond donors (Lipinski definition) is 1. The zero-order valence-electron chi connectivity index (χ0n) is 10.3. The smallest absolute Gasteiger partial charge is 0.250 e. The number of rotatable bonds is 5. The predicted molar refractivity (Wildman–Crippen MR) is 69.6 cm³/mol. The molecule has 2 N–H and O–H groups in total. The SMILES string of the molecule is CC=C(C=CCc1ncccc1C(N)=O)CC. The first-order chi connectivity index (χ1) is 8.19. The molecule has 0 aliphatic carbocycles. The van der Waals surface area contributed by atoms with Crippen molar-refractivity contribution in [3.63, 3.8) is 0 Å². The topological polar surface area (TPSA) is 56.0 Å². The lowest BCUT2D eigenvalue weighted by Crippen LogP contribution is -2.14. The first kappa shape index (κ1) is 13.2. The van der Waals surface area contributed by atoms with E-state index >= 15 is 0 Å². The lowest BCUT2D eigenvalue weighted by atomic mass is 10.1. The zero-order valence-corrected chi connectivity index (χ0v) is 10.3. The molecule has 1 aromatic rings. The molecule has 3 nitrogen and oxygen atoms in total. The summed E-state index contributed by atoms with van der Waals surface area (Å²) in [5.41, 5.74) is 7.77. The van der Waals surface area contributed by atoms with E-state index in [1.165, 1.54) is 5.57 Å². The van der Waals surface area contributed by atoms with Crippen molar-refractivity contribution in [1.82, 2.24) is 4.98 Å². The zero-order chi connectivity index (χ0) is 12.7. The van der Waals surface area contributed by atoms with Gasteiger partial charge >= 0.3 is 0 Å². The number of carbonyl (C=O) groups is 1. The molecule has 0 aromatic carbocycles. The number of primary amides is 1. The van der Waals surface area contributed by atoms with E-state index in [2.05, 4.69) is 24.1 Å². The molecule has 0 saturated carbocycles. The Hall–Kier alpha value is -1.90. The third-order valence-electron chi connectivity index (χ3n) is 2.58. The highest BCUT2D eigenvalue weighted by atomic mass is 16.1. The minimum atomic E-state index is -0.428. The summed E-state index contributed by atoms with van der Waals surface area (Å²) in [7, 11) is 0. The van der Waals surface area contributed by atoms with Crippen LogP contribution in [0.3, 0.4) is 0 Å². The van der Waals surface area contributed by atoms with Crippen LogP contribution in [-0.2, 0) is 6.42 Å². The molecule has 17 heavy (non-hydrogen) atoms. The number of allylic oxidation sites excluding steroid dienone is 4. The van der Waals surface area contributed by atoms with Gasteiger partial charge in [0.1, 0.15) is 0 Å². The summed E-state index contributed by atoms with van der Waals surface area (Å²) >= 11 is 0. The molecule has 1 rings (SSSR count). The van der Waals surface area contributed by atoms with Crippen molar-refractivity contribution < 1.29 is 4.79 Å². The molecule has 0 aliphatic heterocycles. The van der Waals surface area contributed by atoms with Crippen LogP contribution in [0.25, 0.3) is 0 Å². The first-order valence-corrected chi connectivity index (χ1v) is 5.74. The van der Waals surface area contributed by atoms with Gasteiger partial charge in [0, 0.05) is 12.6 Å². The van der Waals surface area contributed by atoms with Gasteiger partial charge in [0.05, 0.1) is 11.3 Å². The van der Waals surface area contributed by atoms with Crippen LogP contribution in [0.15, 0.2) is 42.1 Å². The number of nitrogens with zero attached hydrogens (tertiary/aromatic N) is 1. The van der Waals surface area contributed by atoms with Crippen molar-refractivity contribution in [2.24, 2.45) is 5.73 Å². The van der Waals surface area contributed by atoms with Crippen molar-refractivity contribution in [3.8, 4) is 0 Å². The van der Waals surface area contributed by atoms with E-state index in [4.69, 9.17) is 5.73 Å². The Bertz CT molecular complexity index is 447. The molecule has 0 atom stereocenters. The molecule has 0 unspecified atom stereocenters. The standard InChI is InChI=1S/C14H18N2O/c1-3-11(4-2)7-5-9-13-12(14(15)17)8-6-10-16-13/h3,5-8,10H,4,9H2,1-2H3,(H2,15,17). The minimum Gasteiger partial charge on any atom is -0.366 e. The van der Waals surface area contributed by atoms with Gasteiger partial charge in [0.2, 0.25) is 0 Å². The van der Waals surface area contributed by atoms with Gasteiger partial charge in [-0.25, -0.2) is 0 Å². The monoisotopic (exact) mass is 230 g/mol. The van der Waals surface area contributed by atoms with Crippen LogP contribution in [0, 0.1) is 0 Å². The van der Waals surface area contributed by atoms with Gasteiger partial charge in [-0.1, -0.05) is 30.7 Å². The molecule has 0 saturated heterocycles. The summed E-state index contributed by atoms with van der Waals surface area (Å²) in [6.45, 7) is 4.12. The van der Waals surface area contributed by atoms with Gasteiger partial charge in [0.25, 0.3) is 5.91 Å². The molecular weight excluding hydrogens is 212 g/mol. The van der Waals surface area contributed by atoms with Crippen LogP contribution in [-0.4, -0.2) is 10.9 Å². The van der Waals surface area contributed by atoms with E-state index in [1.54, 1.807) is 18.3 Å². The first-order valence-electron chi connectivity index (χ1n) is 5.74. The average molecular weight is 230 g/mol. The van der Waals surface area contributed by atoms with Crippen LogP contribution >= 0.6 is 0 Å². The number of amides is 1. The fourth-order valence-corrected chi connectivity index (χ4v) is 1.57. The Balaban J connectivity index is 2.79. The largest absolute Gasteiger partial charge is 0.366 e. The van der Waals surface area contributed by atoms with E-state index in [0.717, 1.165) is 12.1 Å². The fourth-order valence-electron chi connectivity index (χ4n) is 1.57. The molecule has 0 spiro atoms. The second-order valence-corrected chi connectivity index (χ2v) is 3.69. The summed E-state index contributed by atoms with van der Waals surface area (Å²) in [5, 5.41) is 0. The summed E-state index contributed by atoms with van der Waals surface area (Å²) in [4.78, 5) is 15.4. The van der Waals surface area contributed by atoms with Crippen LogP contribution < -0.4 is 5.73 Å². The summed E-state index contributed by atoms with van der Waals surface area (Å²) in [6.07, 6.45) is 9.43. The van der Waals surface area contributed by atoms with E-state index in [0.29, 0.717) is 12.0 Å². The van der Waals surface area contributed by atoms with Crippen molar-refractivity contribution in [1.29, 1.82) is 0 Å². The van der Waals surface area contributed by atoms with Gasteiger partial charge in [-0.2, -0.15) is 0 Å². The van der Waals surface area contributed by atoms with Gasteiger partial charge in [-0.05, 0) is 25.5 Å². The Kier molecular flexibility index (Phi) is 5.14. The Labute approximate surface area is 102 Å². The molecule has 0 bridgehead atoms.